The van der Waals surface area contributed by atoms with Gasteiger partial charge < -0.3 is 10.6 Å². The fourth-order valence-corrected chi connectivity index (χ4v) is 1.72. The molecular weight excluding hydrogens is 284 g/mol. The van der Waals surface area contributed by atoms with Gasteiger partial charge in [0.25, 0.3) is 16.0 Å². The molecule has 2 amide bonds. The van der Waals surface area contributed by atoms with Gasteiger partial charge in [0.1, 0.15) is 0 Å². The summed E-state index contributed by atoms with van der Waals surface area (Å²) in [5.41, 5.74) is 0.513. The molecule has 0 aliphatic carbocycles. The van der Waals surface area contributed by atoms with Crippen LogP contribution in [0.25, 0.3) is 0 Å². The number of carbonyl (C=O) groups excluding carboxylic acids is 2. The van der Waals surface area contributed by atoms with E-state index in [9.17, 15) is 18.0 Å². The molecule has 20 heavy (non-hydrogen) atoms. The minimum atomic E-state index is -4.28. The van der Waals surface area contributed by atoms with Crippen molar-refractivity contribution in [2.75, 3.05) is 6.67 Å². The standard InChI is InChI=1S/C12H14N2O5S/c1-8(2)11(15)13-7-14-12(16)9-3-5-10(6-4-9)20(17,18)19/h3-6H,1,7H2,2H3,(H,13,15)(H,14,16)(H,17,18,19). The molecule has 0 spiro atoms. The first-order valence-corrected chi connectivity index (χ1v) is 6.95. The fraction of sp³-hybridized carbons (Fsp3) is 0.167. The van der Waals surface area contributed by atoms with Gasteiger partial charge in [0.05, 0.1) is 11.6 Å². The van der Waals surface area contributed by atoms with Crippen LogP contribution in [0.15, 0.2) is 41.3 Å². The summed E-state index contributed by atoms with van der Waals surface area (Å²) >= 11 is 0. The van der Waals surface area contributed by atoms with Gasteiger partial charge in [0.15, 0.2) is 0 Å². The number of benzene rings is 1. The lowest BCUT2D eigenvalue weighted by Gasteiger charge is -2.07. The zero-order chi connectivity index (χ0) is 15.3. The second kappa shape index (κ2) is 6.31. The molecule has 0 radical (unpaired) electrons. The van der Waals surface area contributed by atoms with Crippen molar-refractivity contribution in [3.8, 4) is 0 Å². The smallest absolute Gasteiger partial charge is 0.294 e. The highest BCUT2D eigenvalue weighted by Gasteiger charge is 2.11. The maximum absolute atomic E-state index is 11.7. The van der Waals surface area contributed by atoms with Gasteiger partial charge in [0.2, 0.25) is 5.91 Å². The Morgan fingerprint density at radius 3 is 2.20 bits per heavy atom. The molecule has 0 unspecified atom stereocenters. The Balaban J connectivity index is 2.61. The van der Waals surface area contributed by atoms with E-state index in [0.717, 1.165) is 12.1 Å². The first-order valence-electron chi connectivity index (χ1n) is 5.51. The summed E-state index contributed by atoms with van der Waals surface area (Å²) in [6.07, 6.45) is 0. The van der Waals surface area contributed by atoms with E-state index in [1.807, 2.05) is 0 Å². The summed E-state index contributed by atoms with van der Waals surface area (Å²) in [5.74, 6) is -0.874. The van der Waals surface area contributed by atoms with Gasteiger partial charge in [-0.3, -0.25) is 14.1 Å². The third kappa shape index (κ3) is 4.48. The van der Waals surface area contributed by atoms with E-state index in [0.29, 0.717) is 5.57 Å². The summed E-state index contributed by atoms with van der Waals surface area (Å²) in [4.78, 5) is 22.5. The predicted molar refractivity (Wildman–Crippen MR) is 71.5 cm³/mol. The van der Waals surface area contributed by atoms with Crippen LogP contribution in [0.1, 0.15) is 17.3 Å². The molecule has 0 atom stereocenters. The van der Waals surface area contributed by atoms with Crippen LogP contribution >= 0.6 is 0 Å². The van der Waals surface area contributed by atoms with Gasteiger partial charge in [0, 0.05) is 11.1 Å². The Morgan fingerprint density at radius 2 is 1.75 bits per heavy atom. The first-order chi connectivity index (χ1) is 9.21. The van der Waals surface area contributed by atoms with Crippen LogP contribution in [0.2, 0.25) is 0 Å². The lowest BCUT2D eigenvalue weighted by molar-refractivity contribution is -0.117. The molecular formula is C12H14N2O5S. The molecule has 0 saturated heterocycles. The van der Waals surface area contributed by atoms with Crippen molar-refractivity contribution >= 4 is 21.9 Å². The minimum Gasteiger partial charge on any atom is -0.335 e. The highest BCUT2D eigenvalue weighted by Crippen LogP contribution is 2.09. The third-order valence-electron chi connectivity index (χ3n) is 2.30. The Kier molecular flexibility index (Phi) is 5.00. The molecule has 8 heteroatoms. The van der Waals surface area contributed by atoms with Crippen LogP contribution < -0.4 is 10.6 Å². The molecule has 0 aliphatic heterocycles. The van der Waals surface area contributed by atoms with Crippen molar-refractivity contribution in [3.63, 3.8) is 0 Å². The Morgan fingerprint density at radius 1 is 1.20 bits per heavy atom. The molecule has 3 N–H and O–H groups in total. The monoisotopic (exact) mass is 298 g/mol. The summed E-state index contributed by atoms with van der Waals surface area (Å²) in [6, 6.07) is 4.71. The zero-order valence-electron chi connectivity index (χ0n) is 10.7. The van der Waals surface area contributed by atoms with E-state index in [1.54, 1.807) is 0 Å². The number of amides is 2. The highest BCUT2D eigenvalue weighted by atomic mass is 32.2. The first kappa shape index (κ1) is 15.9. The van der Waals surface area contributed by atoms with Gasteiger partial charge in [-0.1, -0.05) is 6.58 Å². The molecule has 0 heterocycles. The van der Waals surface area contributed by atoms with E-state index in [1.165, 1.54) is 19.1 Å². The Labute approximate surface area is 116 Å². The van der Waals surface area contributed by atoms with Crippen molar-refractivity contribution in [3.05, 3.63) is 42.0 Å². The highest BCUT2D eigenvalue weighted by molar-refractivity contribution is 7.85. The van der Waals surface area contributed by atoms with Crippen LogP contribution in [0, 0.1) is 0 Å². The predicted octanol–water partition coefficient (Wildman–Crippen LogP) is 0.313. The largest absolute Gasteiger partial charge is 0.335 e. The van der Waals surface area contributed by atoms with Crippen molar-refractivity contribution in [1.29, 1.82) is 0 Å². The van der Waals surface area contributed by atoms with Gasteiger partial charge in [-0.25, -0.2) is 0 Å². The van der Waals surface area contributed by atoms with E-state index >= 15 is 0 Å². The maximum atomic E-state index is 11.7. The Bertz CT molecular complexity index is 634. The van der Waals surface area contributed by atoms with Gasteiger partial charge in [-0.2, -0.15) is 8.42 Å². The molecule has 0 saturated carbocycles. The molecule has 0 bridgehead atoms. The number of nitrogens with one attached hydrogen (secondary N) is 2. The van der Waals surface area contributed by atoms with Gasteiger partial charge in [-0.15, -0.1) is 0 Å². The quantitative estimate of drug-likeness (QED) is 0.411. The Hall–Kier alpha value is -2.19. The SMILES string of the molecule is C=C(C)C(=O)NCNC(=O)c1ccc(S(=O)(=O)O)cc1. The van der Waals surface area contributed by atoms with Crippen molar-refractivity contribution in [2.24, 2.45) is 0 Å². The average Bonchev–Trinajstić information content (AvgIpc) is 2.37. The molecule has 0 aliphatic rings. The molecule has 108 valence electrons. The fourth-order valence-electron chi connectivity index (χ4n) is 1.24. The number of carbonyl (C=O) groups is 2. The second-order valence-corrected chi connectivity index (χ2v) is 5.39. The minimum absolute atomic E-state index is 0.0788. The van der Waals surface area contributed by atoms with Crippen molar-refractivity contribution < 1.29 is 22.6 Å². The van der Waals surface area contributed by atoms with E-state index < -0.39 is 16.0 Å². The van der Waals surface area contributed by atoms with Crippen LogP contribution in [0.4, 0.5) is 0 Å². The van der Waals surface area contributed by atoms with Gasteiger partial charge in [-0.05, 0) is 31.2 Å². The van der Waals surface area contributed by atoms with E-state index in [-0.39, 0.29) is 23.0 Å². The van der Waals surface area contributed by atoms with Gasteiger partial charge >= 0.3 is 0 Å². The number of hydrogen-bond acceptors (Lipinski definition) is 4. The van der Waals surface area contributed by atoms with Crippen LogP contribution in [-0.2, 0) is 14.9 Å². The van der Waals surface area contributed by atoms with E-state index in [4.69, 9.17) is 4.55 Å². The van der Waals surface area contributed by atoms with Crippen molar-refractivity contribution in [2.45, 2.75) is 11.8 Å². The summed E-state index contributed by atoms with van der Waals surface area (Å²) in [5, 5.41) is 4.83. The van der Waals surface area contributed by atoms with E-state index in [2.05, 4.69) is 17.2 Å². The molecule has 1 aromatic rings. The summed E-state index contributed by atoms with van der Waals surface area (Å²) in [7, 11) is -4.28. The zero-order valence-corrected chi connectivity index (χ0v) is 11.5. The maximum Gasteiger partial charge on any atom is 0.294 e. The van der Waals surface area contributed by atoms with Crippen LogP contribution in [0.3, 0.4) is 0 Å². The number of rotatable bonds is 5. The normalized spacial score (nSPS) is 10.7. The lowest BCUT2D eigenvalue weighted by atomic mass is 10.2. The lowest BCUT2D eigenvalue weighted by Crippen LogP contribution is -2.37. The molecule has 7 nitrogen and oxygen atoms in total. The van der Waals surface area contributed by atoms with Crippen LogP contribution in [-0.4, -0.2) is 31.5 Å². The summed E-state index contributed by atoms with van der Waals surface area (Å²) < 4.78 is 30.4. The van der Waals surface area contributed by atoms with Crippen LogP contribution in [0.5, 0.6) is 0 Å². The summed E-state index contributed by atoms with van der Waals surface area (Å²) in [6.45, 7) is 4.89. The second-order valence-electron chi connectivity index (χ2n) is 3.97. The topological polar surface area (TPSA) is 113 Å². The number of hydrogen-bond donors (Lipinski definition) is 3. The molecule has 1 rings (SSSR count). The molecule has 1 aromatic carbocycles. The third-order valence-corrected chi connectivity index (χ3v) is 3.17. The molecule has 0 fully saturated rings. The average molecular weight is 298 g/mol. The van der Waals surface area contributed by atoms with Crippen molar-refractivity contribution in [1.82, 2.24) is 10.6 Å². The molecule has 0 aromatic heterocycles.